The van der Waals surface area contributed by atoms with Crippen molar-refractivity contribution >= 4 is 34.8 Å². The van der Waals surface area contributed by atoms with Gasteiger partial charge in [-0.15, -0.1) is 0 Å². The average molecular weight is 370 g/mol. The maximum Gasteiger partial charge on any atom is 0.261 e. The lowest BCUT2D eigenvalue weighted by Crippen LogP contribution is -2.37. The molecule has 0 unspecified atom stereocenters. The number of anilines is 1. The molecule has 2 rings (SSSR count). The van der Waals surface area contributed by atoms with Gasteiger partial charge in [-0.2, -0.15) is 0 Å². The molecule has 24 heavy (non-hydrogen) atoms. The van der Waals surface area contributed by atoms with Gasteiger partial charge in [-0.1, -0.05) is 42.3 Å². The lowest BCUT2D eigenvalue weighted by atomic mass is 10.2. The Balaban J connectivity index is 1.98. The Morgan fingerprint density at radius 2 is 2.17 bits per heavy atom. The molecule has 3 N–H and O–H groups in total. The molecular formula is C16H17Cl2N3O3. The van der Waals surface area contributed by atoms with Crippen molar-refractivity contribution in [3.05, 3.63) is 52.1 Å². The molecule has 0 saturated heterocycles. The zero-order valence-electron chi connectivity index (χ0n) is 12.9. The first-order valence-electron chi connectivity index (χ1n) is 7.28. The first kappa shape index (κ1) is 18.3. The number of carbonyl (C=O) groups is 1. The van der Waals surface area contributed by atoms with Crippen LogP contribution in [0.15, 0.2) is 36.5 Å². The summed E-state index contributed by atoms with van der Waals surface area (Å²) in [4.78, 5) is 16.3. The molecule has 1 heterocycles. The Morgan fingerprint density at radius 3 is 2.83 bits per heavy atom. The van der Waals surface area contributed by atoms with Crippen molar-refractivity contribution in [3.8, 4) is 5.88 Å². The van der Waals surface area contributed by atoms with Gasteiger partial charge in [0.1, 0.15) is 5.02 Å². The number of halogens is 2. The summed E-state index contributed by atoms with van der Waals surface area (Å²) in [5.74, 6) is -0.123. The van der Waals surface area contributed by atoms with Gasteiger partial charge in [0.15, 0.2) is 6.10 Å². The first-order chi connectivity index (χ1) is 11.5. The van der Waals surface area contributed by atoms with Crippen molar-refractivity contribution < 1.29 is 14.7 Å². The van der Waals surface area contributed by atoms with E-state index in [1.54, 1.807) is 18.2 Å². The Morgan fingerprint density at radius 1 is 1.38 bits per heavy atom. The van der Waals surface area contributed by atoms with Crippen LogP contribution < -0.4 is 15.5 Å². The Bertz CT molecular complexity index is 713. The predicted octanol–water partition coefficient (Wildman–Crippen LogP) is 3.66. The molecule has 6 nitrogen and oxygen atoms in total. The number of amides is 1. The Kier molecular flexibility index (Phi) is 6.66. The van der Waals surface area contributed by atoms with E-state index >= 15 is 0 Å². The first-order valence-corrected chi connectivity index (χ1v) is 8.03. The molecule has 0 bridgehead atoms. The molecule has 2 aromatic rings. The third kappa shape index (κ3) is 4.99. The van der Waals surface area contributed by atoms with E-state index in [-0.39, 0.29) is 16.8 Å². The number of hydrogen-bond donors (Lipinski definition) is 3. The summed E-state index contributed by atoms with van der Waals surface area (Å²) < 4.78 is 5.58. The standard InChI is InChI=1S/C16H17Cl2N3O3/c1-2-14(24-16-13(18)7-11(17)9-20-16)15(22)19-8-10-4-3-5-12(6-10)21-23/h3-7,9,14,21,23H,2,8H2,1H3,(H,19,22)/t14-/m1/s1. The minimum absolute atomic E-state index is 0.162. The number of nitrogens with one attached hydrogen (secondary N) is 2. The molecule has 8 heteroatoms. The van der Waals surface area contributed by atoms with Gasteiger partial charge >= 0.3 is 0 Å². The van der Waals surface area contributed by atoms with E-state index in [0.717, 1.165) is 5.56 Å². The van der Waals surface area contributed by atoms with Crippen LogP contribution in [0.25, 0.3) is 0 Å². The van der Waals surface area contributed by atoms with Crippen LogP contribution in [0.5, 0.6) is 5.88 Å². The molecule has 128 valence electrons. The highest BCUT2D eigenvalue weighted by Gasteiger charge is 2.20. The van der Waals surface area contributed by atoms with E-state index in [4.69, 9.17) is 33.1 Å². The number of benzene rings is 1. The van der Waals surface area contributed by atoms with Crippen molar-refractivity contribution in [2.24, 2.45) is 0 Å². The van der Waals surface area contributed by atoms with E-state index in [1.807, 2.05) is 13.0 Å². The van der Waals surface area contributed by atoms with Crippen LogP contribution in [-0.4, -0.2) is 22.2 Å². The van der Waals surface area contributed by atoms with Crippen LogP contribution in [0.3, 0.4) is 0 Å². The Hall–Kier alpha value is -2.02. The molecule has 0 aliphatic rings. The number of aromatic nitrogens is 1. The van der Waals surface area contributed by atoms with Crippen molar-refractivity contribution in [3.63, 3.8) is 0 Å². The summed E-state index contributed by atoms with van der Waals surface area (Å²) in [6.45, 7) is 2.13. The summed E-state index contributed by atoms with van der Waals surface area (Å²) in [5, 5.41) is 12.3. The van der Waals surface area contributed by atoms with E-state index < -0.39 is 6.10 Å². The van der Waals surface area contributed by atoms with Gasteiger partial charge in [-0.05, 0) is 30.2 Å². The van der Waals surface area contributed by atoms with Gasteiger partial charge in [0.05, 0.1) is 10.7 Å². The zero-order chi connectivity index (χ0) is 17.5. The SMILES string of the molecule is CC[C@@H](Oc1ncc(Cl)cc1Cl)C(=O)NCc1cccc(NO)c1. The molecule has 1 atom stereocenters. The molecule has 1 amide bonds. The molecule has 1 aromatic heterocycles. The number of hydrogen-bond acceptors (Lipinski definition) is 5. The predicted molar refractivity (Wildman–Crippen MR) is 92.7 cm³/mol. The monoisotopic (exact) mass is 369 g/mol. The highest BCUT2D eigenvalue weighted by atomic mass is 35.5. The number of nitrogens with zero attached hydrogens (tertiary/aromatic N) is 1. The Labute approximate surface area is 149 Å². The molecule has 0 radical (unpaired) electrons. The topological polar surface area (TPSA) is 83.5 Å². The fraction of sp³-hybridized carbons (Fsp3) is 0.250. The van der Waals surface area contributed by atoms with Crippen molar-refractivity contribution in [1.82, 2.24) is 10.3 Å². The third-order valence-corrected chi connectivity index (χ3v) is 3.69. The quantitative estimate of drug-likeness (QED) is 0.648. The summed E-state index contributed by atoms with van der Waals surface area (Å²) >= 11 is 11.8. The molecule has 0 spiro atoms. The van der Waals surface area contributed by atoms with Crippen molar-refractivity contribution in [1.29, 1.82) is 0 Å². The smallest absolute Gasteiger partial charge is 0.261 e. The molecule has 0 aliphatic carbocycles. The summed E-state index contributed by atoms with van der Waals surface area (Å²) in [5.41, 5.74) is 3.44. The number of pyridine rings is 1. The lowest BCUT2D eigenvalue weighted by molar-refractivity contribution is -0.128. The van der Waals surface area contributed by atoms with E-state index in [0.29, 0.717) is 23.7 Å². The van der Waals surface area contributed by atoms with Crippen LogP contribution in [0.2, 0.25) is 10.0 Å². The van der Waals surface area contributed by atoms with E-state index in [1.165, 1.54) is 12.3 Å². The van der Waals surface area contributed by atoms with E-state index in [2.05, 4.69) is 15.8 Å². The second kappa shape index (κ2) is 8.73. The molecular weight excluding hydrogens is 353 g/mol. The highest BCUT2D eigenvalue weighted by molar-refractivity contribution is 6.35. The van der Waals surface area contributed by atoms with E-state index in [9.17, 15) is 4.79 Å². The van der Waals surface area contributed by atoms with Gasteiger partial charge in [0, 0.05) is 12.7 Å². The fourth-order valence-corrected chi connectivity index (χ4v) is 2.42. The van der Waals surface area contributed by atoms with Crippen LogP contribution in [0.1, 0.15) is 18.9 Å². The minimum atomic E-state index is -0.727. The van der Waals surface area contributed by atoms with Crippen molar-refractivity contribution in [2.75, 3.05) is 5.48 Å². The van der Waals surface area contributed by atoms with Gasteiger partial charge in [-0.3, -0.25) is 15.5 Å². The average Bonchev–Trinajstić information content (AvgIpc) is 2.59. The maximum absolute atomic E-state index is 12.3. The van der Waals surface area contributed by atoms with Crippen LogP contribution in [0, 0.1) is 0 Å². The van der Waals surface area contributed by atoms with Crippen LogP contribution in [-0.2, 0) is 11.3 Å². The van der Waals surface area contributed by atoms with Gasteiger partial charge in [-0.25, -0.2) is 4.98 Å². The summed E-state index contributed by atoms with van der Waals surface area (Å²) in [6.07, 6.45) is 1.13. The normalized spacial score (nSPS) is 11.7. The minimum Gasteiger partial charge on any atom is -0.463 e. The van der Waals surface area contributed by atoms with Gasteiger partial charge in [0.25, 0.3) is 5.91 Å². The molecule has 0 fully saturated rings. The number of rotatable bonds is 7. The maximum atomic E-state index is 12.3. The molecule has 0 aliphatic heterocycles. The van der Waals surface area contributed by atoms with Crippen LogP contribution in [0.4, 0.5) is 5.69 Å². The fourth-order valence-electron chi connectivity index (χ4n) is 2.00. The summed E-state index contributed by atoms with van der Waals surface area (Å²) in [7, 11) is 0. The lowest BCUT2D eigenvalue weighted by Gasteiger charge is -2.17. The number of ether oxygens (including phenoxy) is 1. The van der Waals surface area contributed by atoms with Crippen LogP contribution >= 0.6 is 23.2 Å². The largest absolute Gasteiger partial charge is 0.463 e. The second-order valence-corrected chi connectivity index (χ2v) is 5.83. The van der Waals surface area contributed by atoms with Gasteiger partial charge < -0.3 is 10.1 Å². The highest BCUT2D eigenvalue weighted by Crippen LogP contribution is 2.25. The second-order valence-electron chi connectivity index (χ2n) is 4.99. The zero-order valence-corrected chi connectivity index (χ0v) is 14.4. The molecule has 0 saturated carbocycles. The number of carbonyl (C=O) groups excluding carboxylic acids is 1. The summed E-state index contributed by atoms with van der Waals surface area (Å²) in [6, 6.07) is 8.53. The van der Waals surface area contributed by atoms with Gasteiger partial charge in [0.2, 0.25) is 5.88 Å². The molecule has 1 aromatic carbocycles. The van der Waals surface area contributed by atoms with Crippen molar-refractivity contribution in [2.45, 2.75) is 26.0 Å². The third-order valence-electron chi connectivity index (χ3n) is 3.21.